The summed E-state index contributed by atoms with van der Waals surface area (Å²) in [4.78, 5) is 15.2. The number of carbonyl (C=O) groups excluding carboxylic acids is 1. The highest BCUT2D eigenvalue weighted by Crippen LogP contribution is 2.29. The number of halogens is 2. The lowest BCUT2D eigenvalue weighted by atomic mass is 10.3. The van der Waals surface area contributed by atoms with Crippen LogP contribution in [0.4, 0.5) is 11.6 Å². The fourth-order valence-corrected chi connectivity index (χ4v) is 1.69. The molecule has 0 aliphatic rings. The first-order valence-corrected chi connectivity index (χ1v) is 6.37. The Balaban J connectivity index is 2.93. The van der Waals surface area contributed by atoms with E-state index in [0.717, 1.165) is 13.0 Å². The Bertz CT molecular complexity index is 439. The molecule has 1 atom stereocenters. The first kappa shape index (κ1) is 14.9. The summed E-state index contributed by atoms with van der Waals surface area (Å²) in [6.07, 6.45) is 0.946. The average molecular weight is 291 g/mol. The Morgan fingerprint density at radius 1 is 1.44 bits per heavy atom. The molecule has 1 rings (SSSR count). The van der Waals surface area contributed by atoms with Crippen LogP contribution in [0.2, 0.25) is 10.0 Å². The summed E-state index contributed by atoms with van der Waals surface area (Å²) in [6, 6.07) is 1.01. The smallest absolute Gasteiger partial charge is 0.239 e. The van der Waals surface area contributed by atoms with Crippen LogP contribution in [0.3, 0.4) is 0 Å². The molecule has 0 aliphatic heterocycles. The van der Waals surface area contributed by atoms with Crippen molar-refractivity contribution in [2.75, 3.05) is 17.2 Å². The van der Waals surface area contributed by atoms with Gasteiger partial charge in [0.15, 0.2) is 0 Å². The van der Waals surface area contributed by atoms with Crippen LogP contribution in [0.1, 0.15) is 20.3 Å². The first-order valence-electron chi connectivity index (χ1n) is 5.61. The summed E-state index contributed by atoms with van der Waals surface area (Å²) in [5.41, 5.74) is 5.17. The minimum absolute atomic E-state index is 0.343. The van der Waals surface area contributed by atoms with Gasteiger partial charge in [0.2, 0.25) is 5.91 Å². The Hall–Kier alpha value is -1.20. The van der Waals surface area contributed by atoms with Crippen LogP contribution in [0.25, 0.3) is 0 Å². The topological polar surface area (TPSA) is 80.0 Å². The maximum Gasteiger partial charge on any atom is 0.239 e. The minimum atomic E-state index is -0.560. The molecule has 1 aromatic heterocycles. The molecule has 1 amide bonds. The lowest BCUT2D eigenvalue weighted by molar-refractivity contribution is -0.118. The van der Waals surface area contributed by atoms with Crippen LogP contribution in [-0.2, 0) is 4.79 Å². The van der Waals surface area contributed by atoms with Gasteiger partial charge in [-0.2, -0.15) is 0 Å². The highest BCUT2D eigenvalue weighted by Gasteiger charge is 2.14. The third-order valence-corrected chi connectivity index (χ3v) is 2.83. The van der Waals surface area contributed by atoms with Crippen LogP contribution in [-0.4, -0.2) is 23.5 Å². The van der Waals surface area contributed by atoms with Gasteiger partial charge in [-0.1, -0.05) is 30.1 Å². The number of rotatable bonds is 6. The second kappa shape index (κ2) is 6.66. The van der Waals surface area contributed by atoms with Gasteiger partial charge >= 0.3 is 0 Å². The van der Waals surface area contributed by atoms with Gasteiger partial charge < -0.3 is 16.4 Å². The third kappa shape index (κ3) is 3.92. The normalized spacial score (nSPS) is 12.0. The molecule has 0 aliphatic carbocycles. The van der Waals surface area contributed by atoms with Gasteiger partial charge in [0.25, 0.3) is 0 Å². The van der Waals surface area contributed by atoms with E-state index in [-0.39, 0.29) is 0 Å². The molecule has 1 aromatic rings. The van der Waals surface area contributed by atoms with E-state index in [4.69, 9.17) is 28.9 Å². The molecule has 0 spiro atoms. The monoisotopic (exact) mass is 290 g/mol. The van der Waals surface area contributed by atoms with Gasteiger partial charge in [-0.3, -0.25) is 4.79 Å². The maximum absolute atomic E-state index is 11.0. The van der Waals surface area contributed by atoms with Crippen LogP contribution in [0.5, 0.6) is 0 Å². The molecule has 0 saturated heterocycles. The zero-order valence-electron chi connectivity index (χ0n) is 10.3. The SMILES string of the molecule is CCCNc1nc(NC(C)C(N)=O)c(Cl)cc1Cl. The Morgan fingerprint density at radius 2 is 2.06 bits per heavy atom. The number of primary amides is 1. The van der Waals surface area contributed by atoms with Crippen molar-refractivity contribution in [1.29, 1.82) is 0 Å². The molecule has 5 nitrogen and oxygen atoms in total. The Morgan fingerprint density at radius 3 is 2.61 bits per heavy atom. The largest absolute Gasteiger partial charge is 0.369 e. The second-order valence-corrected chi connectivity index (χ2v) is 4.66. The fourth-order valence-electron chi connectivity index (χ4n) is 1.21. The molecular weight excluding hydrogens is 275 g/mol. The van der Waals surface area contributed by atoms with Crippen molar-refractivity contribution in [3.05, 3.63) is 16.1 Å². The van der Waals surface area contributed by atoms with Gasteiger partial charge in [-0.25, -0.2) is 4.98 Å². The van der Waals surface area contributed by atoms with Crippen molar-refractivity contribution < 1.29 is 4.79 Å². The third-order valence-electron chi connectivity index (χ3n) is 2.25. The first-order chi connectivity index (χ1) is 8.45. The Labute approximate surface area is 116 Å². The van der Waals surface area contributed by atoms with Gasteiger partial charge in [-0.15, -0.1) is 0 Å². The number of pyridine rings is 1. The molecule has 1 unspecified atom stereocenters. The highest BCUT2D eigenvalue weighted by atomic mass is 35.5. The lowest BCUT2D eigenvalue weighted by Crippen LogP contribution is -2.32. The number of hydrogen-bond acceptors (Lipinski definition) is 4. The minimum Gasteiger partial charge on any atom is -0.369 e. The van der Waals surface area contributed by atoms with Crippen molar-refractivity contribution in [1.82, 2.24) is 4.98 Å². The lowest BCUT2D eigenvalue weighted by Gasteiger charge is -2.14. The summed E-state index contributed by atoms with van der Waals surface area (Å²) in [5, 5.41) is 6.69. The molecule has 1 heterocycles. The van der Waals surface area contributed by atoms with Crippen LogP contribution in [0, 0.1) is 0 Å². The van der Waals surface area contributed by atoms with Crippen molar-refractivity contribution in [3.8, 4) is 0 Å². The van der Waals surface area contributed by atoms with Crippen molar-refractivity contribution in [3.63, 3.8) is 0 Å². The molecule has 18 heavy (non-hydrogen) atoms. The zero-order valence-corrected chi connectivity index (χ0v) is 11.8. The summed E-state index contributed by atoms with van der Waals surface area (Å²) in [7, 11) is 0. The van der Waals surface area contributed by atoms with E-state index >= 15 is 0 Å². The number of anilines is 2. The standard InChI is InChI=1S/C11H16Cl2N4O/c1-3-4-15-10-7(12)5-8(13)11(17-10)16-6(2)9(14)18/h5-6H,3-4H2,1-2H3,(H2,14,18)(H2,15,16,17). The number of hydrogen-bond donors (Lipinski definition) is 3. The molecule has 0 bridgehead atoms. The molecule has 0 fully saturated rings. The predicted octanol–water partition coefficient (Wildman–Crippen LogP) is 2.50. The fraction of sp³-hybridized carbons (Fsp3) is 0.455. The zero-order chi connectivity index (χ0) is 13.7. The van der Waals surface area contributed by atoms with Gasteiger partial charge in [-0.05, 0) is 19.4 Å². The van der Waals surface area contributed by atoms with E-state index in [9.17, 15) is 4.79 Å². The number of nitrogens with two attached hydrogens (primary N) is 1. The average Bonchev–Trinajstić information content (AvgIpc) is 2.30. The van der Waals surface area contributed by atoms with E-state index in [0.29, 0.717) is 21.7 Å². The van der Waals surface area contributed by atoms with E-state index in [1.807, 2.05) is 6.92 Å². The van der Waals surface area contributed by atoms with Crippen molar-refractivity contribution in [2.45, 2.75) is 26.3 Å². The van der Waals surface area contributed by atoms with E-state index < -0.39 is 11.9 Å². The highest BCUT2D eigenvalue weighted by molar-refractivity contribution is 6.37. The van der Waals surface area contributed by atoms with Gasteiger partial charge in [0, 0.05) is 6.54 Å². The summed E-state index contributed by atoms with van der Waals surface area (Å²) >= 11 is 12.0. The molecule has 4 N–H and O–H groups in total. The Kier molecular flexibility index (Phi) is 5.50. The number of aromatic nitrogens is 1. The summed E-state index contributed by atoms with van der Waals surface area (Å²) in [6.45, 7) is 4.42. The van der Waals surface area contributed by atoms with E-state index in [1.54, 1.807) is 13.0 Å². The molecule has 0 aromatic carbocycles. The van der Waals surface area contributed by atoms with Crippen LogP contribution in [0.15, 0.2) is 6.07 Å². The number of carbonyl (C=O) groups is 1. The molecule has 0 radical (unpaired) electrons. The summed E-state index contributed by atoms with van der Waals surface area (Å²) in [5.74, 6) is 0.430. The van der Waals surface area contributed by atoms with E-state index in [1.165, 1.54) is 0 Å². The van der Waals surface area contributed by atoms with Crippen molar-refractivity contribution in [2.24, 2.45) is 5.73 Å². The quantitative estimate of drug-likeness (QED) is 0.752. The summed E-state index contributed by atoms with van der Waals surface area (Å²) < 4.78 is 0. The molecule has 100 valence electrons. The number of nitrogens with zero attached hydrogens (tertiary/aromatic N) is 1. The predicted molar refractivity (Wildman–Crippen MR) is 75.3 cm³/mol. The number of amides is 1. The van der Waals surface area contributed by atoms with Crippen molar-refractivity contribution >= 4 is 40.7 Å². The number of nitrogens with one attached hydrogen (secondary N) is 2. The molecular formula is C11H16Cl2N4O. The van der Waals surface area contributed by atoms with Gasteiger partial charge in [0.05, 0.1) is 10.0 Å². The maximum atomic E-state index is 11.0. The second-order valence-electron chi connectivity index (χ2n) is 3.84. The molecule has 7 heteroatoms. The van der Waals surface area contributed by atoms with E-state index in [2.05, 4.69) is 15.6 Å². The molecule has 0 saturated carbocycles. The van der Waals surface area contributed by atoms with Crippen LogP contribution >= 0.6 is 23.2 Å². The van der Waals surface area contributed by atoms with Crippen LogP contribution < -0.4 is 16.4 Å². The van der Waals surface area contributed by atoms with Gasteiger partial charge in [0.1, 0.15) is 17.7 Å².